The van der Waals surface area contributed by atoms with E-state index in [-0.39, 0.29) is 0 Å². The van der Waals surface area contributed by atoms with Crippen molar-refractivity contribution in [1.29, 1.82) is 0 Å². The van der Waals surface area contributed by atoms with Crippen molar-refractivity contribution in [2.45, 2.75) is 71.1 Å². The quantitative estimate of drug-likeness (QED) is 0.326. The van der Waals surface area contributed by atoms with Crippen LogP contribution in [0.3, 0.4) is 0 Å². The van der Waals surface area contributed by atoms with Gasteiger partial charge in [-0.3, -0.25) is 0 Å². The zero-order chi connectivity index (χ0) is 21.0. The second-order valence-corrected chi connectivity index (χ2v) is 8.42. The van der Waals surface area contributed by atoms with E-state index in [1.54, 1.807) is 0 Å². The lowest BCUT2D eigenvalue weighted by molar-refractivity contribution is 0.306. The number of aryl methyl sites for hydroxylation is 1. The fraction of sp³-hybridized carbons (Fsp3) is 0.448. The summed E-state index contributed by atoms with van der Waals surface area (Å²) >= 11 is 0. The van der Waals surface area contributed by atoms with Gasteiger partial charge in [-0.1, -0.05) is 68.9 Å². The van der Waals surface area contributed by atoms with Crippen LogP contribution < -0.4 is 4.74 Å². The summed E-state index contributed by atoms with van der Waals surface area (Å²) in [6.45, 7) is 5.23. The number of allylic oxidation sites excluding steroid dienone is 2. The molecule has 0 amide bonds. The maximum absolute atomic E-state index is 5.84. The van der Waals surface area contributed by atoms with E-state index in [1.807, 2.05) is 0 Å². The average molecular weight is 401 g/mol. The molecule has 0 saturated heterocycles. The smallest absolute Gasteiger partial charge is 0.119 e. The van der Waals surface area contributed by atoms with Crippen LogP contribution in [0.15, 0.2) is 60.7 Å². The molecule has 0 aliphatic heterocycles. The molecule has 1 heteroatoms. The van der Waals surface area contributed by atoms with Gasteiger partial charge in [0.25, 0.3) is 0 Å². The van der Waals surface area contributed by atoms with E-state index in [1.165, 1.54) is 49.7 Å². The molecule has 2 aromatic rings. The van der Waals surface area contributed by atoms with E-state index < -0.39 is 0 Å². The number of unbranched alkanes of at least 4 members (excludes halogenated alkanes) is 2. The molecule has 0 aromatic heterocycles. The van der Waals surface area contributed by atoms with Crippen molar-refractivity contribution >= 4 is 0 Å². The molecule has 1 fully saturated rings. The van der Waals surface area contributed by atoms with Gasteiger partial charge in [-0.15, -0.1) is 0 Å². The van der Waals surface area contributed by atoms with Crippen molar-refractivity contribution < 1.29 is 4.74 Å². The molecule has 0 spiro atoms. The summed E-state index contributed by atoms with van der Waals surface area (Å²) in [5.41, 5.74) is 3.92. The molecule has 0 heterocycles. The third-order valence-corrected chi connectivity index (χ3v) is 6.17. The molecule has 1 aliphatic rings. The van der Waals surface area contributed by atoms with Crippen LogP contribution in [0, 0.1) is 17.8 Å². The number of benzene rings is 2. The van der Waals surface area contributed by atoms with Gasteiger partial charge in [-0.05, 0) is 91.8 Å². The van der Waals surface area contributed by atoms with Crippen molar-refractivity contribution in [3.8, 4) is 17.6 Å². The van der Waals surface area contributed by atoms with Crippen molar-refractivity contribution in [2.24, 2.45) is 5.92 Å². The molecular weight excluding hydrogens is 364 g/mol. The van der Waals surface area contributed by atoms with E-state index >= 15 is 0 Å². The number of hydrogen-bond acceptors (Lipinski definition) is 1. The van der Waals surface area contributed by atoms with Gasteiger partial charge in [-0.25, -0.2) is 0 Å². The number of hydrogen-bond donors (Lipinski definition) is 0. The third kappa shape index (κ3) is 7.10. The van der Waals surface area contributed by atoms with Crippen LogP contribution in [0.4, 0.5) is 0 Å². The topological polar surface area (TPSA) is 9.23 Å². The highest BCUT2D eigenvalue weighted by atomic mass is 16.5. The first-order valence-electron chi connectivity index (χ1n) is 11.8. The van der Waals surface area contributed by atoms with Gasteiger partial charge < -0.3 is 4.74 Å². The summed E-state index contributed by atoms with van der Waals surface area (Å²) in [6, 6.07) is 17.4. The van der Waals surface area contributed by atoms with E-state index in [2.05, 4.69) is 86.4 Å². The van der Waals surface area contributed by atoms with Crippen LogP contribution in [-0.4, -0.2) is 6.61 Å². The molecule has 1 saturated carbocycles. The first kappa shape index (κ1) is 22.2. The van der Waals surface area contributed by atoms with Gasteiger partial charge in [0.05, 0.1) is 6.61 Å². The van der Waals surface area contributed by atoms with E-state index in [0.29, 0.717) is 11.8 Å². The van der Waals surface area contributed by atoms with Crippen LogP contribution >= 0.6 is 0 Å². The van der Waals surface area contributed by atoms with Crippen LogP contribution in [0.1, 0.15) is 81.4 Å². The normalized spacial score (nSPS) is 18.7. The summed E-state index contributed by atoms with van der Waals surface area (Å²) in [5, 5.41) is 0. The van der Waals surface area contributed by atoms with Gasteiger partial charge in [0.15, 0.2) is 0 Å². The summed E-state index contributed by atoms with van der Waals surface area (Å²) in [4.78, 5) is 0. The molecule has 1 nitrogen and oxygen atoms in total. The van der Waals surface area contributed by atoms with E-state index in [9.17, 15) is 0 Å². The van der Waals surface area contributed by atoms with Crippen molar-refractivity contribution in [2.75, 3.05) is 6.61 Å². The Kier molecular flexibility index (Phi) is 9.10. The minimum Gasteiger partial charge on any atom is -0.494 e. The molecule has 0 unspecified atom stereocenters. The van der Waals surface area contributed by atoms with E-state index in [4.69, 9.17) is 4.74 Å². The predicted octanol–water partition coefficient (Wildman–Crippen LogP) is 7.70. The lowest BCUT2D eigenvalue weighted by Crippen LogP contribution is -2.11. The Morgan fingerprint density at radius 2 is 1.63 bits per heavy atom. The molecule has 0 radical (unpaired) electrons. The molecule has 2 aromatic carbocycles. The highest BCUT2D eigenvalue weighted by Crippen LogP contribution is 2.36. The van der Waals surface area contributed by atoms with Crippen LogP contribution in [0.25, 0.3) is 0 Å². The molecule has 30 heavy (non-hydrogen) atoms. The van der Waals surface area contributed by atoms with Crippen LogP contribution in [-0.2, 0) is 6.42 Å². The van der Waals surface area contributed by atoms with Gasteiger partial charge >= 0.3 is 0 Å². The Labute approximate surface area is 183 Å². The fourth-order valence-corrected chi connectivity index (χ4v) is 4.16. The Balaban J connectivity index is 1.42. The van der Waals surface area contributed by atoms with Crippen LogP contribution in [0.5, 0.6) is 5.75 Å². The number of rotatable bonds is 8. The SMILES string of the molecule is CCCCCOc1ccc(C2CCC(C=CC#Cc3ccc(CC)cc3)CC2)cc1. The molecule has 0 bridgehead atoms. The summed E-state index contributed by atoms with van der Waals surface area (Å²) in [5.74, 6) is 8.83. The molecular formula is C29H36O. The first-order chi connectivity index (χ1) is 14.8. The van der Waals surface area contributed by atoms with Gasteiger partial charge in [0.2, 0.25) is 0 Å². The molecule has 0 N–H and O–H groups in total. The predicted molar refractivity (Wildman–Crippen MR) is 128 cm³/mol. The lowest BCUT2D eigenvalue weighted by atomic mass is 9.78. The van der Waals surface area contributed by atoms with Crippen molar-refractivity contribution in [1.82, 2.24) is 0 Å². The molecule has 3 rings (SSSR count). The second-order valence-electron chi connectivity index (χ2n) is 8.42. The number of ether oxygens (including phenoxy) is 1. The maximum atomic E-state index is 5.84. The maximum Gasteiger partial charge on any atom is 0.119 e. The van der Waals surface area contributed by atoms with Crippen molar-refractivity contribution in [3.63, 3.8) is 0 Å². The average Bonchev–Trinajstić information content (AvgIpc) is 2.81. The molecule has 1 aliphatic carbocycles. The zero-order valence-corrected chi connectivity index (χ0v) is 18.7. The van der Waals surface area contributed by atoms with E-state index in [0.717, 1.165) is 30.8 Å². The Morgan fingerprint density at radius 1 is 0.900 bits per heavy atom. The summed E-state index contributed by atoms with van der Waals surface area (Å²) in [6.07, 6.45) is 14.1. The van der Waals surface area contributed by atoms with Crippen molar-refractivity contribution in [3.05, 3.63) is 77.4 Å². The Hall–Kier alpha value is -2.46. The van der Waals surface area contributed by atoms with Crippen LogP contribution in [0.2, 0.25) is 0 Å². The van der Waals surface area contributed by atoms with Gasteiger partial charge in [0.1, 0.15) is 5.75 Å². The highest BCUT2D eigenvalue weighted by molar-refractivity contribution is 5.38. The monoisotopic (exact) mass is 400 g/mol. The summed E-state index contributed by atoms with van der Waals surface area (Å²) < 4.78 is 5.84. The molecule has 0 atom stereocenters. The third-order valence-electron chi connectivity index (χ3n) is 6.17. The zero-order valence-electron chi connectivity index (χ0n) is 18.7. The minimum atomic E-state index is 0.666. The Bertz CT molecular complexity index is 825. The lowest BCUT2D eigenvalue weighted by Gasteiger charge is -2.27. The largest absolute Gasteiger partial charge is 0.494 e. The minimum absolute atomic E-state index is 0.666. The molecule has 158 valence electrons. The Morgan fingerprint density at radius 3 is 2.30 bits per heavy atom. The second kappa shape index (κ2) is 12.3. The van der Waals surface area contributed by atoms with Gasteiger partial charge in [0, 0.05) is 5.56 Å². The first-order valence-corrected chi connectivity index (χ1v) is 11.8. The highest BCUT2D eigenvalue weighted by Gasteiger charge is 2.20. The fourth-order valence-electron chi connectivity index (χ4n) is 4.16. The standard InChI is InChI=1S/C29H36O/c1-3-5-8-23-30-29-21-19-28(20-22-29)27-17-15-26(16-18-27)10-7-6-9-25-13-11-24(4-2)12-14-25/h7,10-14,19-22,26-27H,3-5,8,15-18,23H2,1-2H3. The summed E-state index contributed by atoms with van der Waals surface area (Å²) in [7, 11) is 0. The van der Waals surface area contributed by atoms with Gasteiger partial charge in [-0.2, -0.15) is 0 Å².